The van der Waals surface area contributed by atoms with Crippen molar-refractivity contribution in [3.8, 4) is 0 Å². The fourth-order valence-corrected chi connectivity index (χ4v) is 3.07. The Kier molecular flexibility index (Phi) is 6.02. The largest absolute Gasteiger partial charge is 0.468 e. The van der Waals surface area contributed by atoms with Gasteiger partial charge in [-0.15, -0.1) is 0 Å². The third-order valence-corrected chi connectivity index (χ3v) is 4.49. The van der Waals surface area contributed by atoms with E-state index < -0.39 is 5.54 Å². The Morgan fingerprint density at radius 1 is 1.43 bits per heavy atom. The van der Waals surface area contributed by atoms with Crippen molar-refractivity contribution in [1.29, 1.82) is 0 Å². The van der Waals surface area contributed by atoms with Gasteiger partial charge in [-0.3, -0.25) is 10.1 Å². The second kappa shape index (κ2) is 7.56. The molecule has 1 saturated heterocycles. The summed E-state index contributed by atoms with van der Waals surface area (Å²) in [6.07, 6.45) is 6.89. The molecule has 0 radical (unpaired) electrons. The van der Waals surface area contributed by atoms with Crippen molar-refractivity contribution in [1.82, 2.24) is 10.2 Å². The number of nitrogens with zero attached hydrogens (tertiary/aromatic N) is 1. The Hall–Kier alpha value is -0.650. The molecule has 2 atom stereocenters. The van der Waals surface area contributed by atoms with Crippen molar-refractivity contribution in [2.75, 3.05) is 33.9 Å². The van der Waals surface area contributed by atoms with Gasteiger partial charge in [0.15, 0.2) is 0 Å². The zero-order valence-electron chi connectivity index (χ0n) is 13.7. The fourth-order valence-electron chi connectivity index (χ4n) is 3.07. The molecule has 1 saturated carbocycles. The van der Waals surface area contributed by atoms with Crippen molar-refractivity contribution in [2.45, 2.75) is 63.1 Å². The van der Waals surface area contributed by atoms with Crippen LogP contribution < -0.4 is 5.32 Å². The van der Waals surface area contributed by atoms with Crippen LogP contribution in [0.3, 0.4) is 0 Å². The zero-order valence-corrected chi connectivity index (χ0v) is 13.7. The van der Waals surface area contributed by atoms with E-state index in [0.29, 0.717) is 12.1 Å². The van der Waals surface area contributed by atoms with Gasteiger partial charge in [0.25, 0.3) is 0 Å². The maximum Gasteiger partial charge on any atom is 0.325 e. The standard InChI is InChI=1S/C16H30N2O3/c1-16(15(19)20-3,17-13-7-8-13)9-5-10-18(2)12-14-6-4-11-21-14/h13-14,17H,4-12H2,1-3H3. The second-order valence-corrected chi connectivity index (χ2v) is 6.74. The normalized spacial score (nSPS) is 25.0. The minimum atomic E-state index is -0.541. The molecule has 0 amide bonds. The summed E-state index contributed by atoms with van der Waals surface area (Å²) in [5.74, 6) is -0.142. The SMILES string of the molecule is COC(=O)C(C)(CCCN(C)CC1CCCO1)NC1CC1. The average molecular weight is 298 g/mol. The van der Waals surface area contributed by atoms with Crippen molar-refractivity contribution < 1.29 is 14.3 Å². The van der Waals surface area contributed by atoms with E-state index in [-0.39, 0.29) is 5.97 Å². The van der Waals surface area contributed by atoms with Gasteiger partial charge < -0.3 is 14.4 Å². The minimum Gasteiger partial charge on any atom is -0.468 e. The number of rotatable bonds is 9. The summed E-state index contributed by atoms with van der Waals surface area (Å²) >= 11 is 0. The van der Waals surface area contributed by atoms with Gasteiger partial charge in [0.1, 0.15) is 5.54 Å². The number of hydrogen-bond donors (Lipinski definition) is 1. The molecule has 1 N–H and O–H groups in total. The van der Waals surface area contributed by atoms with Crippen molar-refractivity contribution >= 4 is 5.97 Å². The molecule has 1 heterocycles. The van der Waals surface area contributed by atoms with Gasteiger partial charge in [-0.1, -0.05) is 0 Å². The van der Waals surface area contributed by atoms with E-state index in [1.165, 1.54) is 32.8 Å². The first-order valence-corrected chi connectivity index (χ1v) is 8.20. The summed E-state index contributed by atoms with van der Waals surface area (Å²) in [4.78, 5) is 14.3. The molecule has 0 aromatic rings. The molecule has 1 aliphatic heterocycles. The summed E-state index contributed by atoms with van der Waals surface area (Å²) in [5, 5.41) is 3.45. The lowest BCUT2D eigenvalue weighted by molar-refractivity contribution is -0.148. The number of ether oxygens (including phenoxy) is 2. The summed E-state index contributed by atoms with van der Waals surface area (Å²) in [7, 11) is 3.60. The first-order valence-electron chi connectivity index (χ1n) is 8.20. The average Bonchev–Trinajstić information content (AvgIpc) is 3.11. The van der Waals surface area contributed by atoms with Gasteiger partial charge in [-0.25, -0.2) is 0 Å². The number of likely N-dealkylation sites (N-methyl/N-ethyl adjacent to an activating group) is 1. The highest BCUT2D eigenvalue weighted by Gasteiger charge is 2.38. The van der Waals surface area contributed by atoms with Crippen LogP contribution in [-0.4, -0.2) is 62.4 Å². The maximum absolute atomic E-state index is 12.0. The van der Waals surface area contributed by atoms with E-state index in [1.54, 1.807) is 0 Å². The molecule has 1 aliphatic carbocycles. The van der Waals surface area contributed by atoms with E-state index in [1.807, 2.05) is 6.92 Å². The van der Waals surface area contributed by atoms with Crippen LogP contribution in [0.25, 0.3) is 0 Å². The molecule has 0 aromatic carbocycles. The molecule has 0 bridgehead atoms. The van der Waals surface area contributed by atoms with E-state index >= 15 is 0 Å². The predicted molar refractivity (Wildman–Crippen MR) is 82.3 cm³/mol. The minimum absolute atomic E-state index is 0.142. The number of esters is 1. The van der Waals surface area contributed by atoms with Crippen LogP contribution in [-0.2, 0) is 14.3 Å². The van der Waals surface area contributed by atoms with Gasteiger partial charge >= 0.3 is 5.97 Å². The summed E-state index contributed by atoms with van der Waals surface area (Å²) in [6.45, 7) is 4.85. The van der Waals surface area contributed by atoms with Gasteiger partial charge in [-0.05, 0) is 59.0 Å². The molecule has 0 spiro atoms. The highest BCUT2D eigenvalue weighted by Crippen LogP contribution is 2.25. The summed E-state index contributed by atoms with van der Waals surface area (Å²) < 4.78 is 10.6. The Morgan fingerprint density at radius 3 is 2.76 bits per heavy atom. The third kappa shape index (κ3) is 5.24. The topological polar surface area (TPSA) is 50.8 Å². The molecular weight excluding hydrogens is 268 g/mol. The third-order valence-electron chi connectivity index (χ3n) is 4.49. The fraction of sp³-hybridized carbons (Fsp3) is 0.938. The Bertz CT molecular complexity index is 340. The van der Waals surface area contributed by atoms with E-state index in [4.69, 9.17) is 9.47 Å². The molecule has 122 valence electrons. The Labute approximate surface area is 128 Å². The molecule has 2 rings (SSSR count). The molecule has 5 nitrogen and oxygen atoms in total. The number of methoxy groups -OCH3 is 1. The Balaban J connectivity index is 1.71. The monoisotopic (exact) mass is 298 g/mol. The highest BCUT2D eigenvalue weighted by molar-refractivity contribution is 5.80. The maximum atomic E-state index is 12.0. The van der Waals surface area contributed by atoms with Crippen molar-refractivity contribution in [3.63, 3.8) is 0 Å². The van der Waals surface area contributed by atoms with Gasteiger partial charge in [0.2, 0.25) is 0 Å². The van der Waals surface area contributed by atoms with Crippen LogP contribution >= 0.6 is 0 Å². The lowest BCUT2D eigenvalue weighted by Gasteiger charge is -2.29. The molecular formula is C16H30N2O3. The van der Waals surface area contributed by atoms with Crippen LogP contribution in [0, 0.1) is 0 Å². The van der Waals surface area contributed by atoms with Crippen LogP contribution in [0.5, 0.6) is 0 Å². The van der Waals surface area contributed by atoms with Crippen LogP contribution in [0.1, 0.15) is 45.4 Å². The molecule has 0 aromatic heterocycles. The first-order chi connectivity index (χ1) is 10.0. The van der Waals surface area contributed by atoms with Crippen LogP contribution in [0.15, 0.2) is 0 Å². The van der Waals surface area contributed by atoms with Gasteiger partial charge in [0.05, 0.1) is 13.2 Å². The second-order valence-electron chi connectivity index (χ2n) is 6.74. The number of carbonyl (C=O) groups excluding carboxylic acids is 1. The molecule has 2 unspecified atom stereocenters. The van der Waals surface area contributed by atoms with Gasteiger partial charge in [0, 0.05) is 19.2 Å². The molecule has 2 aliphatic rings. The number of hydrogen-bond acceptors (Lipinski definition) is 5. The zero-order chi connectivity index (χ0) is 15.3. The lowest BCUT2D eigenvalue weighted by atomic mass is 9.95. The quantitative estimate of drug-likeness (QED) is 0.655. The first kappa shape index (κ1) is 16.7. The van der Waals surface area contributed by atoms with Crippen molar-refractivity contribution in [3.05, 3.63) is 0 Å². The molecule has 21 heavy (non-hydrogen) atoms. The van der Waals surface area contributed by atoms with E-state index in [0.717, 1.165) is 32.5 Å². The number of nitrogens with one attached hydrogen (secondary N) is 1. The lowest BCUT2D eigenvalue weighted by Crippen LogP contribution is -2.51. The number of carbonyl (C=O) groups is 1. The summed E-state index contributed by atoms with van der Waals surface area (Å²) in [6, 6.07) is 0.499. The smallest absolute Gasteiger partial charge is 0.325 e. The van der Waals surface area contributed by atoms with Crippen LogP contribution in [0.4, 0.5) is 0 Å². The highest BCUT2D eigenvalue weighted by atomic mass is 16.5. The summed E-state index contributed by atoms with van der Waals surface area (Å²) in [5.41, 5.74) is -0.541. The van der Waals surface area contributed by atoms with Crippen LogP contribution in [0.2, 0.25) is 0 Å². The van der Waals surface area contributed by atoms with E-state index in [2.05, 4.69) is 17.3 Å². The van der Waals surface area contributed by atoms with Gasteiger partial charge in [-0.2, -0.15) is 0 Å². The van der Waals surface area contributed by atoms with E-state index in [9.17, 15) is 4.79 Å². The predicted octanol–water partition coefficient (Wildman–Crippen LogP) is 1.56. The van der Waals surface area contributed by atoms with Crippen molar-refractivity contribution in [2.24, 2.45) is 0 Å². The molecule has 2 fully saturated rings. The Morgan fingerprint density at radius 2 is 2.19 bits per heavy atom. The molecule has 5 heteroatoms.